The number of rotatable bonds is 11. The van der Waals surface area contributed by atoms with Crippen LogP contribution in [0.2, 0.25) is 0 Å². The van der Waals surface area contributed by atoms with Gasteiger partial charge in [-0.15, -0.1) is 9.05 Å². The number of benzene rings is 1. The molecule has 0 spiro atoms. The van der Waals surface area contributed by atoms with Gasteiger partial charge in [-0.25, -0.2) is 9.59 Å². The van der Waals surface area contributed by atoms with E-state index in [4.69, 9.17) is 23.9 Å². The van der Waals surface area contributed by atoms with E-state index in [0.717, 1.165) is 28.0 Å². The molecule has 7 unspecified atom stereocenters. The van der Waals surface area contributed by atoms with Gasteiger partial charge in [0.2, 0.25) is 5.39 Å². The Morgan fingerprint density at radius 3 is 2.69 bits per heavy atom. The van der Waals surface area contributed by atoms with Crippen molar-refractivity contribution in [1.82, 2.24) is 9.55 Å². The van der Waals surface area contributed by atoms with Gasteiger partial charge in [0.1, 0.15) is 42.1 Å². The Morgan fingerprint density at radius 2 is 2.03 bits per heavy atom. The summed E-state index contributed by atoms with van der Waals surface area (Å²) in [4.78, 5) is 40.2. The van der Waals surface area contributed by atoms with E-state index in [1.165, 1.54) is 13.8 Å². The number of diazo groups is 1. The molecular formula is C24H31N4O10P+2. The normalized spacial score (nSPS) is 24.5. The number of aryl methyl sites for hydroxylation is 1. The molecule has 1 fully saturated rings. The molecule has 2 aromatic rings. The zero-order valence-corrected chi connectivity index (χ0v) is 22.7. The predicted molar refractivity (Wildman–Crippen MR) is 135 cm³/mol. The highest BCUT2D eigenvalue weighted by Gasteiger charge is 2.54. The summed E-state index contributed by atoms with van der Waals surface area (Å²) < 4.78 is 34.7. The Labute approximate surface area is 224 Å². The number of H-pyrrole nitrogens is 1. The van der Waals surface area contributed by atoms with E-state index in [1.54, 1.807) is 6.92 Å². The fourth-order valence-corrected chi connectivity index (χ4v) is 4.60. The molecule has 0 radical (unpaired) electrons. The molecule has 3 N–H and O–H groups in total. The monoisotopic (exact) mass is 566 g/mol. The summed E-state index contributed by atoms with van der Waals surface area (Å²) in [5.41, 5.74) is -0.982. The molecule has 39 heavy (non-hydrogen) atoms. The van der Waals surface area contributed by atoms with Crippen molar-refractivity contribution in [2.24, 2.45) is 0 Å². The van der Waals surface area contributed by atoms with E-state index in [1.807, 2.05) is 30.1 Å². The van der Waals surface area contributed by atoms with E-state index in [2.05, 4.69) is 4.98 Å². The lowest BCUT2D eigenvalue weighted by Gasteiger charge is -2.27. The second-order valence-electron chi connectivity index (χ2n) is 9.51. The fourth-order valence-electron chi connectivity index (χ4n) is 4.01. The maximum absolute atomic E-state index is 12.4. The quantitative estimate of drug-likeness (QED) is 0.202. The van der Waals surface area contributed by atoms with E-state index in [-0.39, 0.29) is 6.61 Å². The average molecular weight is 567 g/mol. The number of esters is 1. The van der Waals surface area contributed by atoms with Crippen molar-refractivity contribution >= 4 is 14.2 Å². The number of aliphatic hydroxyl groups is 2. The Hall–Kier alpha value is -3.31. The number of nitrogens with zero attached hydrogens (tertiary/aromatic N) is 3. The molecule has 2 heterocycles. The first kappa shape index (κ1) is 30.2. The molecule has 1 aromatic heterocycles. The number of aromatic amines is 1. The second kappa shape index (κ2) is 12.7. The molecule has 3 rings (SSSR count). The van der Waals surface area contributed by atoms with Crippen molar-refractivity contribution in [3.8, 4) is 0 Å². The standard InChI is InChI=1S/C24H30N4O10P/c1-13-5-6-16(9-14(2)37-21(31)15(3)27-25)10-17(13)11-35-39(34)36-12-18-20(30)24(4,33)22(38-18)28-8-7-19(29)26-23(28)32/h5-8,10,14-15,18,20,22,30,33H,9,11-12H2,1-4H3/q+1/p+1. The van der Waals surface area contributed by atoms with Gasteiger partial charge in [-0.05, 0) is 37.5 Å². The SMILES string of the molecule is Cc1ccc(CC(C)OC(=O)C(C)[N+]#N)cc1CO[P+](=O)OCC1OC(n2ccc(=O)[nH]c2=O)C(C)(O)C1O. The van der Waals surface area contributed by atoms with Crippen LogP contribution < -0.4 is 11.2 Å². The Kier molecular flexibility index (Phi) is 9.84. The number of hydrogen-bond donors (Lipinski definition) is 3. The van der Waals surface area contributed by atoms with E-state index in [0.29, 0.717) is 12.0 Å². The van der Waals surface area contributed by atoms with Crippen LogP contribution in [0.1, 0.15) is 43.7 Å². The molecular weight excluding hydrogens is 535 g/mol. The first-order chi connectivity index (χ1) is 18.3. The number of aromatic nitrogens is 2. The van der Waals surface area contributed by atoms with Crippen LogP contribution in [0.25, 0.3) is 4.98 Å². The predicted octanol–water partition coefficient (Wildman–Crippen LogP) is 1.46. The van der Waals surface area contributed by atoms with Crippen molar-refractivity contribution in [1.29, 1.82) is 5.39 Å². The van der Waals surface area contributed by atoms with Gasteiger partial charge in [0.15, 0.2) is 6.23 Å². The zero-order chi connectivity index (χ0) is 28.9. The third-order valence-electron chi connectivity index (χ3n) is 6.30. The maximum atomic E-state index is 12.4. The van der Waals surface area contributed by atoms with Gasteiger partial charge in [-0.1, -0.05) is 18.2 Å². The van der Waals surface area contributed by atoms with Crippen LogP contribution in [0.4, 0.5) is 0 Å². The minimum atomic E-state index is -2.65. The van der Waals surface area contributed by atoms with Crippen LogP contribution in [0, 0.1) is 12.3 Å². The second-order valence-corrected chi connectivity index (χ2v) is 10.5. The lowest BCUT2D eigenvalue weighted by Crippen LogP contribution is -2.46. The van der Waals surface area contributed by atoms with Gasteiger partial charge >= 0.3 is 26.0 Å². The number of ether oxygens (including phenoxy) is 2. The summed E-state index contributed by atoms with van der Waals surface area (Å²) in [5, 5.41) is 30.0. The Morgan fingerprint density at radius 1 is 1.31 bits per heavy atom. The highest BCUT2D eigenvalue weighted by atomic mass is 31.1. The number of hydrogen-bond acceptors (Lipinski definition) is 11. The van der Waals surface area contributed by atoms with Gasteiger partial charge < -0.3 is 19.7 Å². The molecule has 0 saturated carbocycles. The molecule has 7 atom stereocenters. The number of nitrogens with one attached hydrogen (secondary N) is 1. The highest BCUT2D eigenvalue weighted by molar-refractivity contribution is 7.33. The first-order valence-electron chi connectivity index (χ1n) is 12.1. The molecule has 1 aliphatic heterocycles. The molecule has 1 aliphatic rings. The molecule has 14 nitrogen and oxygen atoms in total. The topological polar surface area (TPSA) is 195 Å². The lowest BCUT2D eigenvalue weighted by molar-refractivity contribution is -0.148. The summed E-state index contributed by atoms with van der Waals surface area (Å²) in [7, 11) is -2.65. The van der Waals surface area contributed by atoms with Gasteiger partial charge in [0, 0.05) is 30.2 Å². The third-order valence-corrected chi connectivity index (χ3v) is 7.00. The van der Waals surface area contributed by atoms with E-state index >= 15 is 0 Å². The van der Waals surface area contributed by atoms with Crippen LogP contribution in [-0.4, -0.2) is 62.3 Å². The number of carbonyl (C=O) groups is 1. The maximum Gasteiger partial charge on any atom is 0.697 e. The number of carbonyl (C=O) groups excluding carboxylic acids is 1. The van der Waals surface area contributed by atoms with Crippen LogP contribution >= 0.6 is 8.25 Å². The van der Waals surface area contributed by atoms with Crippen molar-refractivity contribution in [3.63, 3.8) is 0 Å². The molecule has 210 valence electrons. The molecule has 15 heteroatoms. The number of aliphatic hydroxyl groups excluding tert-OH is 1. The zero-order valence-electron chi connectivity index (χ0n) is 21.8. The summed E-state index contributed by atoms with van der Waals surface area (Å²) >= 11 is 0. The van der Waals surface area contributed by atoms with E-state index in [9.17, 15) is 29.2 Å². The highest BCUT2D eigenvalue weighted by Crippen LogP contribution is 2.39. The third kappa shape index (κ3) is 7.42. The molecule has 0 aliphatic carbocycles. The van der Waals surface area contributed by atoms with Crippen LogP contribution in [0.3, 0.4) is 0 Å². The average Bonchev–Trinajstić information content (AvgIpc) is 3.10. The van der Waals surface area contributed by atoms with Crippen molar-refractivity contribution in [3.05, 3.63) is 73.0 Å². The Balaban J connectivity index is 1.55. The van der Waals surface area contributed by atoms with Gasteiger partial charge in [-0.3, -0.25) is 14.3 Å². The van der Waals surface area contributed by atoms with Crippen molar-refractivity contribution in [2.45, 2.75) is 76.9 Å². The fraction of sp³-hybridized carbons (Fsp3) is 0.542. The van der Waals surface area contributed by atoms with Gasteiger partial charge in [0.25, 0.3) is 5.56 Å². The van der Waals surface area contributed by atoms with Crippen LogP contribution in [0.15, 0.2) is 40.1 Å². The summed E-state index contributed by atoms with van der Waals surface area (Å²) in [6, 6.07) is 5.60. The lowest BCUT2D eigenvalue weighted by atomic mass is 9.96. The first-order valence-corrected chi connectivity index (χ1v) is 13.2. The summed E-state index contributed by atoms with van der Waals surface area (Å²) in [6.45, 7) is 5.74. The van der Waals surface area contributed by atoms with Crippen molar-refractivity contribution in [2.75, 3.05) is 6.61 Å². The minimum absolute atomic E-state index is 0.0648. The van der Waals surface area contributed by atoms with E-state index < -0.39 is 68.3 Å². The van der Waals surface area contributed by atoms with Crippen molar-refractivity contribution < 1.29 is 38.1 Å². The molecule has 1 saturated heterocycles. The molecule has 0 bridgehead atoms. The van der Waals surface area contributed by atoms with Crippen LogP contribution in [0.5, 0.6) is 0 Å². The molecule has 0 amide bonds. The smallest absolute Gasteiger partial charge is 0.456 e. The Bertz CT molecular complexity index is 1370. The summed E-state index contributed by atoms with van der Waals surface area (Å²) in [5.74, 6) is -0.648. The summed E-state index contributed by atoms with van der Waals surface area (Å²) in [6.07, 6.45) is -2.96. The van der Waals surface area contributed by atoms with Gasteiger partial charge in [-0.2, -0.15) is 0 Å². The van der Waals surface area contributed by atoms with Crippen LogP contribution in [-0.2, 0) is 40.9 Å². The minimum Gasteiger partial charge on any atom is -0.456 e. The molecule has 1 aromatic carbocycles. The largest absolute Gasteiger partial charge is 0.697 e. The van der Waals surface area contributed by atoms with Gasteiger partial charge in [0.05, 0.1) is 0 Å².